The summed E-state index contributed by atoms with van der Waals surface area (Å²) in [5.74, 6) is 0.252. The zero-order valence-corrected chi connectivity index (χ0v) is 12.1. The number of piperidine rings is 1. The van der Waals surface area contributed by atoms with Gasteiger partial charge in [-0.05, 0) is 46.2 Å². The van der Waals surface area contributed by atoms with Crippen LogP contribution >= 0.6 is 0 Å². The molecule has 1 aromatic heterocycles. The van der Waals surface area contributed by atoms with Crippen LogP contribution in [0.2, 0.25) is 0 Å². The third kappa shape index (κ3) is 3.35. The van der Waals surface area contributed by atoms with Crippen molar-refractivity contribution < 1.29 is 4.79 Å². The molecular formula is C14H24N4O. The molecule has 19 heavy (non-hydrogen) atoms. The summed E-state index contributed by atoms with van der Waals surface area (Å²) in [4.78, 5) is 14.1. The molecule has 1 unspecified atom stereocenters. The van der Waals surface area contributed by atoms with Gasteiger partial charge < -0.3 is 10.2 Å². The van der Waals surface area contributed by atoms with Gasteiger partial charge in [0, 0.05) is 25.3 Å². The van der Waals surface area contributed by atoms with Crippen LogP contribution in [0, 0.1) is 13.8 Å². The van der Waals surface area contributed by atoms with Crippen LogP contribution in [0.1, 0.15) is 30.7 Å². The average Bonchev–Trinajstić information content (AvgIpc) is 2.70. The summed E-state index contributed by atoms with van der Waals surface area (Å²) in [6, 6.07) is 2.10. The van der Waals surface area contributed by atoms with Crippen LogP contribution < -0.4 is 5.32 Å². The van der Waals surface area contributed by atoms with E-state index in [0.29, 0.717) is 0 Å². The second-order valence-corrected chi connectivity index (χ2v) is 5.31. The zero-order valence-electron chi connectivity index (χ0n) is 12.1. The fraction of sp³-hybridized carbons (Fsp3) is 0.714. The van der Waals surface area contributed by atoms with Crippen LogP contribution in [-0.4, -0.2) is 46.8 Å². The lowest BCUT2D eigenvalue weighted by atomic mass is 10.0. The SMILES string of the molecule is CNC1CCCN(CCCn2nc(C)cc2C)C1=O. The van der Waals surface area contributed by atoms with Gasteiger partial charge in [0.25, 0.3) is 0 Å². The molecule has 1 saturated heterocycles. The maximum Gasteiger partial charge on any atom is 0.239 e. The molecule has 0 spiro atoms. The van der Waals surface area contributed by atoms with Gasteiger partial charge in [-0.25, -0.2) is 0 Å². The molecule has 2 heterocycles. The molecule has 1 N–H and O–H groups in total. The van der Waals surface area contributed by atoms with Crippen molar-refractivity contribution in [1.82, 2.24) is 20.0 Å². The molecule has 5 nitrogen and oxygen atoms in total. The Labute approximate surface area is 115 Å². The number of hydrogen-bond donors (Lipinski definition) is 1. The van der Waals surface area contributed by atoms with E-state index in [4.69, 9.17) is 0 Å². The Hall–Kier alpha value is -1.36. The minimum atomic E-state index is 0.0161. The van der Waals surface area contributed by atoms with E-state index in [1.807, 2.05) is 23.6 Å². The molecule has 0 aliphatic carbocycles. The number of carbonyl (C=O) groups is 1. The van der Waals surface area contributed by atoms with E-state index >= 15 is 0 Å². The van der Waals surface area contributed by atoms with Gasteiger partial charge in [-0.3, -0.25) is 9.48 Å². The Morgan fingerprint density at radius 1 is 1.42 bits per heavy atom. The molecule has 1 aliphatic heterocycles. The molecule has 106 valence electrons. The predicted octanol–water partition coefficient (Wildman–Crippen LogP) is 1.10. The summed E-state index contributed by atoms with van der Waals surface area (Å²) in [7, 11) is 1.86. The molecule has 1 fully saturated rings. The first kappa shape index (κ1) is 14.1. The van der Waals surface area contributed by atoms with Gasteiger partial charge in [0.05, 0.1) is 11.7 Å². The Kier molecular flexibility index (Phi) is 4.58. The molecule has 1 aromatic rings. The third-order valence-corrected chi connectivity index (χ3v) is 3.78. The summed E-state index contributed by atoms with van der Waals surface area (Å²) in [6.07, 6.45) is 3.02. The van der Waals surface area contributed by atoms with Crippen molar-refractivity contribution in [1.29, 1.82) is 0 Å². The van der Waals surface area contributed by atoms with Gasteiger partial charge in [0.15, 0.2) is 0 Å². The van der Waals surface area contributed by atoms with Gasteiger partial charge in [0.1, 0.15) is 0 Å². The summed E-state index contributed by atoms with van der Waals surface area (Å²) >= 11 is 0. The van der Waals surface area contributed by atoms with E-state index < -0.39 is 0 Å². The maximum absolute atomic E-state index is 12.1. The summed E-state index contributed by atoms with van der Waals surface area (Å²) in [5.41, 5.74) is 2.25. The topological polar surface area (TPSA) is 50.2 Å². The highest BCUT2D eigenvalue weighted by Gasteiger charge is 2.26. The van der Waals surface area contributed by atoms with E-state index in [0.717, 1.165) is 44.6 Å². The molecule has 1 aliphatic rings. The van der Waals surface area contributed by atoms with Crippen molar-refractivity contribution in [2.45, 2.75) is 45.7 Å². The Morgan fingerprint density at radius 3 is 2.84 bits per heavy atom. The van der Waals surface area contributed by atoms with E-state index in [1.165, 1.54) is 5.69 Å². The van der Waals surface area contributed by atoms with Crippen molar-refractivity contribution in [2.75, 3.05) is 20.1 Å². The molecule has 0 radical (unpaired) electrons. The molecule has 0 bridgehead atoms. The highest BCUT2D eigenvalue weighted by Crippen LogP contribution is 2.12. The molecule has 2 rings (SSSR count). The van der Waals surface area contributed by atoms with Gasteiger partial charge in [-0.1, -0.05) is 0 Å². The minimum absolute atomic E-state index is 0.0161. The van der Waals surface area contributed by atoms with Crippen LogP contribution in [0.4, 0.5) is 0 Å². The first-order valence-electron chi connectivity index (χ1n) is 7.09. The normalized spacial score (nSPS) is 20.1. The van der Waals surface area contributed by atoms with Gasteiger partial charge in [-0.2, -0.15) is 5.10 Å². The zero-order chi connectivity index (χ0) is 13.8. The van der Waals surface area contributed by atoms with E-state index in [1.54, 1.807) is 0 Å². The first-order valence-corrected chi connectivity index (χ1v) is 7.09. The van der Waals surface area contributed by atoms with Crippen molar-refractivity contribution in [2.24, 2.45) is 0 Å². The largest absolute Gasteiger partial charge is 0.341 e. The van der Waals surface area contributed by atoms with Crippen LogP contribution in [0.15, 0.2) is 6.07 Å². The number of nitrogens with zero attached hydrogens (tertiary/aromatic N) is 3. The van der Waals surface area contributed by atoms with Crippen LogP contribution in [0.3, 0.4) is 0 Å². The Balaban J connectivity index is 1.82. The fourth-order valence-corrected chi connectivity index (χ4v) is 2.74. The number of likely N-dealkylation sites (tertiary alicyclic amines) is 1. The molecular weight excluding hydrogens is 240 g/mol. The Morgan fingerprint density at radius 2 is 2.21 bits per heavy atom. The Bertz CT molecular complexity index is 441. The average molecular weight is 264 g/mol. The van der Waals surface area contributed by atoms with Crippen LogP contribution in [0.5, 0.6) is 0 Å². The smallest absolute Gasteiger partial charge is 0.239 e. The summed E-state index contributed by atoms with van der Waals surface area (Å²) < 4.78 is 2.03. The molecule has 0 saturated carbocycles. The minimum Gasteiger partial charge on any atom is -0.341 e. The lowest BCUT2D eigenvalue weighted by Crippen LogP contribution is -2.49. The third-order valence-electron chi connectivity index (χ3n) is 3.78. The highest BCUT2D eigenvalue weighted by molar-refractivity contribution is 5.82. The fourth-order valence-electron chi connectivity index (χ4n) is 2.74. The number of aryl methyl sites for hydroxylation is 3. The van der Waals surface area contributed by atoms with Gasteiger partial charge in [0.2, 0.25) is 5.91 Å². The van der Waals surface area contributed by atoms with Crippen LogP contribution in [-0.2, 0) is 11.3 Å². The first-order chi connectivity index (χ1) is 9.11. The standard InChI is InChI=1S/C14H24N4O/c1-11-10-12(2)18(16-11)9-5-8-17-7-4-6-13(15-3)14(17)19/h10,13,15H,4-9H2,1-3H3. The van der Waals surface area contributed by atoms with Crippen LogP contribution in [0.25, 0.3) is 0 Å². The van der Waals surface area contributed by atoms with E-state index in [-0.39, 0.29) is 11.9 Å². The number of likely N-dealkylation sites (N-methyl/N-ethyl adjacent to an activating group) is 1. The van der Waals surface area contributed by atoms with Gasteiger partial charge in [-0.15, -0.1) is 0 Å². The molecule has 5 heteroatoms. The number of aromatic nitrogens is 2. The second kappa shape index (κ2) is 6.19. The number of amides is 1. The quantitative estimate of drug-likeness (QED) is 0.866. The summed E-state index contributed by atoms with van der Waals surface area (Å²) in [5, 5.41) is 7.54. The van der Waals surface area contributed by atoms with Crippen molar-refractivity contribution in [3.63, 3.8) is 0 Å². The number of rotatable bonds is 5. The van der Waals surface area contributed by atoms with E-state index in [2.05, 4.69) is 23.4 Å². The lowest BCUT2D eigenvalue weighted by Gasteiger charge is -2.32. The van der Waals surface area contributed by atoms with Crippen molar-refractivity contribution >= 4 is 5.91 Å². The monoisotopic (exact) mass is 264 g/mol. The molecule has 1 amide bonds. The number of nitrogens with one attached hydrogen (secondary N) is 1. The molecule has 0 aromatic carbocycles. The second-order valence-electron chi connectivity index (χ2n) is 5.31. The van der Waals surface area contributed by atoms with E-state index in [9.17, 15) is 4.79 Å². The molecule has 1 atom stereocenters. The number of carbonyl (C=O) groups excluding carboxylic acids is 1. The predicted molar refractivity (Wildman–Crippen MR) is 75.0 cm³/mol. The number of hydrogen-bond acceptors (Lipinski definition) is 3. The summed E-state index contributed by atoms with van der Waals surface area (Å²) in [6.45, 7) is 6.69. The lowest BCUT2D eigenvalue weighted by molar-refractivity contribution is -0.135. The maximum atomic E-state index is 12.1. The highest BCUT2D eigenvalue weighted by atomic mass is 16.2. The van der Waals surface area contributed by atoms with Crippen molar-refractivity contribution in [3.8, 4) is 0 Å². The van der Waals surface area contributed by atoms with Crippen molar-refractivity contribution in [3.05, 3.63) is 17.5 Å². The van der Waals surface area contributed by atoms with Gasteiger partial charge >= 0.3 is 0 Å².